The Hall–Kier alpha value is -0.670. The average molecular weight is 252 g/mol. The second kappa shape index (κ2) is 4.54. The lowest BCUT2D eigenvalue weighted by molar-refractivity contribution is -0.0100. The fraction of sp³-hybridized carbons (Fsp3) is 0.571. The Bertz CT molecular complexity index is 422. The highest BCUT2D eigenvalue weighted by molar-refractivity contribution is 7.81. The van der Waals surface area contributed by atoms with E-state index in [0.717, 1.165) is 5.75 Å². The fourth-order valence-electron chi connectivity index (χ4n) is 2.28. The van der Waals surface area contributed by atoms with Crippen LogP contribution in [0.25, 0.3) is 0 Å². The van der Waals surface area contributed by atoms with E-state index >= 15 is 0 Å². The minimum Gasteiger partial charge on any atom is -0.496 e. The van der Waals surface area contributed by atoms with Gasteiger partial charge in [0, 0.05) is 0 Å². The van der Waals surface area contributed by atoms with Crippen LogP contribution in [-0.4, -0.2) is 20.3 Å². The van der Waals surface area contributed by atoms with Gasteiger partial charge in [0.25, 0.3) is 0 Å². The number of hydrogen-bond acceptors (Lipinski definition) is 3. The van der Waals surface area contributed by atoms with E-state index in [1.807, 2.05) is 0 Å². The Balaban J connectivity index is 2.50. The minimum atomic E-state index is -0.111. The van der Waals surface area contributed by atoms with E-state index in [9.17, 15) is 0 Å². The molecule has 1 aromatic carbocycles. The summed E-state index contributed by atoms with van der Waals surface area (Å²) in [5.74, 6) is 1.42. The number of aryl methyl sites for hydroxylation is 1. The first-order chi connectivity index (χ1) is 7.98. The lowest BCUT2D eigenvalue weighted by atomic mass is 9.88. The number of benzene rings is 1. The number of ether oxygens (including phenoxy) is 2. The third kappa shape index (κ3) is 2.18. The molecule has 0 unspecified atom stereocenters. The molecule has 2 nitrogen and oxygen atoms in total. The first-order valence-electron chi connectivity index (χ1n) is 5.97. The average Bonchev–Trinajstić information content (AvgIpc) is 2.25. The van der Waals surface area contributed by atoms with Gasteiger partial charge < -0.3 is 9.47 Å². The number of methoxy groups -OCH3 is 1. The van der Waals surface area contributed by atoms with E-state index in [2.05, 4.69) is 32.9 Å². The van der Waals surface area contributed by atoms with E-state index in [-0.39, 0.29) is 4.75 Å². The third-order valence-corrected chi connectivity index (χ3v) is 3.88. The summed E-state index contributed by atoms with van der Waals surface area (Å²) in [6.45, 7) is 7.86. The highest BCUT2D eigenvalue weighted by Gasteiger charge is 2.38. The maximum absolute atomic E-state index is 5.45. The highest BCUT2D eigenvalue weighted by Crippen LogP contribution is 2.41. The van der Waals surface area contributed by atoms with E-state index < -0.39 is 0 Å². The second-order valence-electron chi connectivity index (χ2n) is 5.09. The smallest absolute Gasteiger partial charge is 0.122 e. The maximum Gasteiger partial charge on any atom is 0.122 e. The summed E-state index contributed by atoms with van der Waals surface area (Å²) in [5, 5.41) is 0. The molecule has 0 bridgehead atoms. The van der Waals surface area contributed by atoms with Crippen molar-refractivity contribution in [3.05, 3.63) is 28.8 Å². The summed E-state index contributed by atoms with van der Waals surface area (Å²) in [4.78, 5) is 0. The summed E-state index contributed by atoms with van der Waals surface area (Å²) in [5.41, 5.74) is 3.74. The van der Waals surface area contributed by atoms with Crippen molar-refractivity contribution in [2.45, 2.75) is 31.4 Å². The lowest BCUT2D eigenvalue weighted by Crippen LogP contribution is -2.42. The molecule has 1 heterocycles. The van der Waals surface area contributed by atoms with Crippen molar-refractivity contribution in [1.29, 1.82) is 0 Å². The molecule has 1 aliphatic heterocycles. The highest BCUT2D eigenvalue weighted by atomic mass is 32.1. The molecular formula is C14H20O2S. The Morgan fingerprint density at radius 2 is 2.00 bits per heavy atom. The SMILES string of the molecule is COc1cc(C)c(C2(S)COC2)cc1C(C)C. The predicted octanol–water partition coefficient (Wildman–Crippen LogP) is 3.28. The molecule has 0 aromatic heterocycles. The molecule has 1 aromatic rings. The van der Waals surface area contributed by atoms with Crippen molar-refractivity contribution in [2.24, 2.45) is 0 Å². The van der Waals surface area contributed by atoms with E-state index in [4.69, 9.17) is 22.1 Å². The summed E-state index contributed by atoms with van der Waals surface area (Å²) in [6, 6.07) is 4.34. The van der Waals surface area contributed by atoms with Gasteiger partial charge in [-0.3, -0.25) is 0 Å². The maximum atomic E-state index is 5.45. The Morgan fingerprint density at radius 1 is 1.35 bits per heavy atom. The molecule has 0 saturated carbocycles. The van der Waals surface area contributed by atoms with Crippen molar-refractivity contribution < 1.29 is 9.47 Å². The second-order valence-corrected chi connectivity index (χ2v) is 5.94. The van der Waals surface area contributed by atoms with Crippen LogP contribution in [0.1, 0.15) is 36.5 Å². The normalized spacial score (nSPS) is 18.0. The zero-order chi connectivity index (χ0) is 12.6. The standard InChI is InChI=1S/C14H20O2S/c1-9(2)11-6-12(14(17)7-16-8-14)10(3)5-13(11)15-4/h5-6,9,17H,7-8H2,1-4H3. The van der Waals surface area contributed by atoms with Crippen LogP contribution in [0, 0.1) is 6.92 Å². The zero-order valence-electron chi connectivity index (χ0n) is 10.9. The zero-order valence-corrected chi connectivity index (χ0v) is 11.8. The molecule has 2 rings (SSSR count). The Labute approximate surface area is 109 Å². The first-order valence-corrected chi connectivity index (χ1v) is 6.42. The van der Waals surface area contributed by atoms with E-state index in [0.29, 0.717) is 19.1 Å². The van der Waals surface area contributed by atoms with Gasteiger partial charge in [-0.25, -0.2) is 0 Å². The number of thiol groups is 1. The molecule has 1 fully saturated rings. The van der Waals surface area contributed by atoms with Crippen LogP contribution in [0.2, 0.25) is 0 Å². The van der Waals surface area contributed by atoms with E-state index in [1.165, 1.54) is 16.7 Å². The number of rotatable bonds is 3. The number of hydrogen-bond donors (Lipinski definition) is 1. The molecule has 0 aliphatic carbocycles. The van der Waals surface area contributed by atoms with E-state index in [1.54, 1.807) is 7.11 Å². The summed E-state index contributed by atoms with van der Waals surface area (Å²) < 4.78 is 10.6. The molecule has 0 atom stereocenters. The molecule has 0 radical (unpaired) electrons. The van der Waals surface area contributed by atoms with Crippen LogP contribution < -0.4 is 4.74 Å². The molecule has 0 spiro atoms. The topological polar surface area (TPSA) is 18.5 Å². The molecule has 0 amide bonds. The van der Waals surface area contributed by atoms with Crippen molar-refractivity contribution in [1.82, 2.24) is 0 Å². The summed E-state index contributed by atoms with van der Waals surface area (Å²) in [7, 11) is 1.73. The van der Waals surface area contributed by atoms with Gasteiger partial charge in [0.1, 0.15) is 5.75 Å². The van der Waals surface area contributed by atoms with Gasteiger partial charge in [0.15, 0.2) is 0 Å². The van der Waals surface area contributed by atoms with Gasteiger partial charge in [0.05, 0.1) is 25.1 Å². The molecule has 1 aliphatic rings. The molecule has 94 valence electrons. The van der Waals surface area contributed by atoms with Crippen molar-refractivity contribution in [3.8, 4) is 5.75 Å². The van der Waals surface area contributed by atoms with Gasteiger partial charge in [0.2, 0.25) is 0 Å². The predicted molar refractivity (Wildman–Crippen MR) is 73.3 cm³/mol. The summed E-state index contributed by atoms with van der Waals surface area (Å²) >= 11 is 4.75. The molecule has 0 N–H and O–H groups in total. The first kappa shape index (κ1) is 12.8. The monoisotopic (exact) mass is 252 g/mol. The van der Waals surface area contributed by atoms with Crippen LogP contribution in [-0.2, 0) is 9.48 Å². The van der Waals surface area contributed by atoms with Crippen molar-refractivity contribution in [2.75, 3.05) is 20.3 Å². The van der Waals surface area contributed by atoms with Crippen LogP contribution in [0.4, 0.5) is 0 Å². The Morgan fingerprint density at radius 3 is 2.41 bits per heavy atom. The summed E-state index contributed by atoms with van der Waals surface area (Å²) in [6.07, 6.45) is 0. The fourth-order valence-corrected chi connectivity index (χ4v) is 2.70. The van der Waals surface area contributed by atoms with Gasteiger partial charge in [-0.05, 0) is 35.6 Å². The van der Waals surface area contributed by atoms with Gasteiger partial charge in [-0.1, -0.05) is 19.9 Å². The van der Waals surface area contributed by atoms with Crippen LogP contribution in [0.3, 0.4) is 0 Å². The van der Waals surface area contributed by atoms with Gasteiger partial charge in [-0.2, -0.15) is 12.6 Å². The van der Waals surface area contributed by atoms with Crippen LogP contribution in [0.15, 0.2) is 12.1 Å². The molecule has 3 heteroatoms. The quantitative estimate of drug-likeness (QED) is 0.832. The lowest BCUT2D eigenvalue weighted by Gasteiger charge is -2.39. The largest absolute Gasteiger partial charge is 0.496 e. The van der Waals surface area contributed by atoms with Crippen molar-refractivity contribution >= 4 is 12.6 Å². The molecule has 17 heavy (non-hydrogen) atoms. The van der Waals surface area contributed by atoms with Crippen LogP contribution >= 0.6 is 12.6 Å². The van der Waals surface area contributed by atoms with Crippen molar-refractivity contribution in [3.63, 3.8) is 0 Å². The van der Waals surface area contributed by atoms with Crippen LogP contribution in [0.5, 0.6) is 5.75 Å². The molecular weight excluding hydrogens is 232 g/mol. The minimum absolute atomic E-state index is 0.111. The van der Waals surface area contributed by atoms with Gasteiger partial charge >= 0.3 is 0 Å². The molecule has 1 saturated heterocycles. The third-order valence-electron chi connectivity index (χ3n) is 3.38. The Kier molecular flexibility index (Phi) is 3.41. The van der Waals surface area contributed by atoms with Gasteiger partial charge in [-0.15, -0.1) is 0 Å².